The van der Waals surface area contributed by atoms with E-state index < -0.39 is 9.84 Å². The molecule has 2 heterocycles. The first kappa shape index (κ1) is 18.9. The summed E-state index contributed by atoms with van der Waals surface area (Å²) < 4.78 is 23.3. The number of aromatic amines is 1. The van der Waals surface area contributed by atoms with Crippen LogP contribution in [-0.2, 0) is 35.8 Å². The standard InChI is InChI=1S/C22H25N3O2S/c1-3-16-4-8-18(9-5-16)22-20-15-25(13-12-21(20)23-24-22)14-17-6-10-19(11-7-17)28(2,26)27/h4-11H,3,12-15H2,1-2H3,(H,23,24). The fourth-order valence-corrected chi connectivity index (χ4v) is 4.35. The van der Waals surface area contributed by atoms with Crippen LogP contribution in [0.3, 0.4) is 0 Å². The van der Waals surface area contributed by atoms with Crippen molar-refractivity contribution in [3.63, 3.8) is 0 Å². The quantitative estimate of drug-likeness (QED) is 0.717. The minimum absolute atomic E-state index is 0.366. The monoisotopic (exact) mass is 395 g/mol. The van der Waals surface area contributed by atoms with Crippen LogP contribution in [0.4, 0.5) is 0 Å². The lowest BCUT2D eigenvalue weighted by atomic mass is 9.99. The third-order valence-corrected chi connectivity index (χ3v) is 6.53. The van der Waals surface area contributed by atoms with Crippen LogP contribution < -0.4 is 0 Å². The summed E-state index contributed by atoms with van der Waals surface area (Å²) >= 11 is 0. The fraction of sp³-hybridized carbons (Fsp3) is 0.318. The zero-order chi connectivity index (χ0) is 19.7. The van der Waals surface area contributed by atoms with Gasteiger partial charge in [-0.1, -0.05) is 43.3 Å². The minimum Gasteiger partial charge on any atom is -0.294 e. The molecule has 1 N–H and O–H groups in total. The van der Waals surface area contributed by atoms with E-state index in [2.05, 4.69) is 46.3 Å². The highest BCUT2D eigenvalue weighted by Gasteiger charge is 2.23. The number of rotatable bonds is 5. The molecule has 0 amide bonds. The van der Waals surface area contributed by atoms with E-state index in [-0.39, 0.29) is 0 Å². The third-order valence-electron chi connectivity index (χ3n) is 5.41. The molecule has 0 bridgehead atoms. The highest BCUT2D eigenvalue weighted by atomic mass is 32.2. The van der Waals surface area contributed by atoms with Crippen molar-refractivity contribution in [2.45, 2.75) is 37.8 Å². The van der Waals surface area contributed by atoms with Gasteiger partial charge >= 0.3 is 0 Å². The molecule has 2 aromatic carbocycles. The van der Waals surface area contributed by atoms with E-state index in [9.17, 15) is 8.42 Å². The Hall–Kier alpha value is -2.44. The molecule has 146 valence electrons. The van der Waals surface area contributed by atoms with Crippen LogP contribution in [0.1, 0.15) is 29.3 Å². The molecule has 0 saturated carbocycles. The predicted molar refractivity (Wildman–Crippen MR) is 111 cm³/mol. The predicted octanol–water partition coefficient (Wildman–Crippen LogP) is 3.60. The zero-order valence-corrected chi connectivity index (χ0v) is 17.1. The van der Waals surface area contributed by atoms with Gasteiger partial charge in [0, 0.05) is 49.1 Å². The minimum atomic E-state index is -3.15. The molecule has 28 heavy (non-hydrogen) atoms. The second-order valence-corrected chi connectivity index (χ2v) is 9.47. The molecule has 0 radical (unpaired) electrons. The Labute approximate surface area is 166 Å². The number of hydrogen-bond donors (Lipinski definition) is 1. The summed E-state index contributed by atoms with van der Waals surface area (Å²) in [6, 6.07) is 15.8. The van der Waals surface area contributed by atoms with Gasteiger partial charge in [-0.2, -0.15) is 5.10 Å². The molecule has 0 saturated heterocycles. The van der Waals surface area contributed by atoms with Crippen molar-refractivity contribution >= 4 is 9.84 Å². The van der Waals surface area contributed by atoms with Gasteiger partial charge in [0.05, 0.1) is 10.6 Å². The molecule has 4 rings (SSSR count). The molecule has 6 heteroatoms. The Morgan fingerprint density at radius 2 is 1.71 bits per heavy atom. The first-order chi connectivity index (χ1) is 13.4. The Kier molecular flexibility index (Phi) is 5.08. The summed E-state index contributed by atoms with van der Waals surface area (Å²) in [5.41, 5.74) is 7.12. The van der Waals surface area contributed by atoms with E-state index in [1.807, 2.05) is 12.1 Å². The number of nitrogens with one attached hydrogen (secondary N) is 1. The number of nitrogens with zero attached hydrogens (tertiary/aromatic N) is 2. The molecule has 1 aliphatic heterocycles. The highest BCUT2D eigenvalue weighted by Crippen LogP contribution is 2.29. The SMILES string of the molecule is CCc1ccc(-c2n[nH]c3c2CN(Cc2ccc(S(C)(=O)=O)cc2)CC3)cc1. The molecule has 5 nitrogen and oxygen atoms in total. The van der Waals surface area contributed by atoms with Gasteiger partial charge in [0.15, 0.2) is 9.84 Å². The average Bonchev–Trinajstić information content (AvgIpc) is 3.11. The molecular formula is C22H25N3O2S. The molecule has 0 spiro atoms. The van der Waals surface area contributed by atoms with Crippen molar-refractivity contribution in [3.05, 3.63) is 70.9 Å². The fourth-order valence-electron chi connectivity index (χ4n) is 3.72. The molecule has 3 aromatic rings. The van der Waals surface area contributed by atoms with E-state index in [0.29, 0.717) is 4.90 Å². The molecule has 0 atom stereocenters. The van der Waals surface area contributed by atoms with Gasteiger partial charge in [-0.15, -0.1) is 0 Å². The topological polar surface area (TPSA) is 66.1 Å². The van der Waals surface area contributed by atoms with Crippen molar-refractivity contribution in [3.8, 4) is 11.3 Å². The number of fused-ring (bicyclic) bond motifs is 1. The maximum atomic E-state index is 11.6. The molecule has 1 aliphatic rings. The third kappa shape index (κ3) is 3.88. The lowest BCUT2D eigenvalue weighted by Gasteiger charge is -2.27. The summed E-state index contributed by atoms with van der Waals surface area (Å²) in [6.45, 7) is 4.75. The summed E-state index contributed by atoms with van der Waals surface area (Å²) in [4.78, 5) is 2.75. The largest absolute Gasteiger partial charge is 0.294 e. The first-order valence-electron chi connectivity index (χ1n) is 9.61. The molecule has 1 aromatic heterocycles. The average molecular weight is 396 g/mol. The van der Waals surface area contributed by atoms with E-state index in [4.69, 9.17) is 0 Å². The molecule has 0 aliphatic carbocycles. The number of aryl methyl sites for hydroxylation is 1. The summed E-state index contributed by atoms with van der Waals surface area (Å²) in [5.74, 6) is 0. The van der Waals surface area contributed by atoms with Gasteiger partial charge in [-0.25, -0.2) is 8.42 Å². The van der Waals surface area contributed by atoms with Gasteiger partial charge in [0.2, 0.25) is 0 Å². The lowest BCUT2D eigenvalue weighted by molar-refractivity contribution is 0.245. The number of aromatic nitrogens is 2. The Bertz CT molecular complexity index is 1070. The van der Waals surface area contributed by atoms with Crippen LogP contribution >= 0.6 is 0 Å². The van der Waals surface area contributed by atoms with Crippen molar-refractivity contribution in [2.24, 2.45) is 0 Å². The van der Waals surface area contributed by atoms with Crippen LogP contribution in [0.5, 0.6) is 0 Å². The Morgan fingerprint density at radius 1 is 1.04 bits per heavy atom. The molecule has 0 unspecified atom stereocenters. The van der Waals surface area contributed by atoms with Crippen molar-refractivity contribution in [1.29, 1.82) is 0 Å². The number of sulfone groups is 1. The maximum Gasteiger partial charge on any atom is 0.175 e. The van der Waals surface area contributed by atoms with Gasteiger partial charge in [0.1, 0.15) is 0 Å². The normalized spacial score (nSPS) is 14.8. The van der Waals surface area contributed by atoms with Crippen LogP contribution in [0.15, 0.2) is 53.4 Å². The number of hydrogen-bond acceptors (Lipinski definition) is 4. The van der Waals surface area contributed by atoms with Crippen molar-refractivity contribution in [2.75, 3.05) is 12.8 Å². The Balaban J connectivity index is 1.52. The Morgan fingerprint density at radius 3 is 2.36 bits per heavy atom. The van der Waals surface area contributed by atoms with E-state index in [1.54, 1.807) is 12.1 Å². The second-order valence-electron chi connectivity index (χ2n) is 7.46. The lowest BCUT2D eigenvalue weighted by Crippen LogP contribution is -2.30. The van der Waals surface area contributed by atoms with Crippen LogP contribution in [0.2, 0.25) is 0 Å². The van der Waals surface area contributed by atoms with E-state index in [0.717, 1.165) is 49.3 Å². The summed E-state index contributed by atoms with van der Waals surface area (Å²) in [7, 11) is -3.15. The smallest absolute Gasteiger partial charge is 0.175 e. The highest BCUT2D eigenvalue weighted by molar-refractivity contribution is 7.90. The van der Waals surface area contributed by atoms with Crippen LogP contribution in [-0.4, -0.2) is 36.3 Å². The van der Waals surface area contributed by atoms with Crippen LogP contribution in [0.25, 0.3) is 11.3 Å². The first-order valence-corrected chi connectivity index (χ1v) is 11.5. The summed E-state index contributed by atoms with van der Waals surface area (Å²) in [5, 5.41) is 7.80. The maximum absolute atomic E-state index is 11.6. The summed E-state index contributed by atoms with van der Waals surface area (Å²) in [6.07, 6.45) is 3.21. The van der Waals surface area contributed by atoms with Gasteiger partial charge in [-0.3, -0.25) is 10.00 Å². The van der Waals surface area contributed by atoms with E-state index in [1.165, 1.54) is 23.1 Å². The number of benzene rings is 2. The van der Waals surface area contributed by atoms with Gasteiger partial charge in [-0.05, 0) is 29.7 Å². The van der Waals surface area contributed by atoms with Crippen molar-refractivity contribution < 1.29 is 8.42 Å². The van der Waals surface area contributed by atoms with E-state index >= 15 is 0 Å². The van der Waals surface area contributed by atoms with Crippen LogP contribution in [0, 0.1) is 0 Å². The van der Waals surface area contributed by atoms with Gasteiger partial charge in [0.25, 0.3) is 0 Å². The zero-order valence-electron chi connectivity index (χ0n) is 16.3. The van der Waals surface area contributed by atoms with Crippen molar-refractivity contribution in [1.82, 2.24) is 15.1 Å². The molecule has 0 fully saturated rings. The van der Waals surface area contributed by atoms with Gasteiger partial charge < -0.3 is 0 Å². The number of H-pyrrole nitrogens is 1. The second kappa shape index (κ2) is 7.53. The molecular weight excluding hydrogens is 370 g/mol.